The zero-order valence-electron chi connectivity index (χ0n) is 16.8. The summed E-state index contributed by atoms with van der Waals surface area (Å²) >= 11 is 1.49. The maximum Gasteiger partial charge on any atom is 0.248 e. The van der Waals surface area contributed by atoms with E-state index in [9.17, 15) is 0 Å². The van der Waals surface area contributed by atoms with Crippen molar-refractivity contribution in [2.24, 2.45) is 0 Å². The Balaban J connectivity index is 1.52. The summed E-state index contributed by atoms with van der Waals surface area (Å²) in [5.41, 5.74) is 6.25. The molecule has 5 rings (SSSR count). The molecule has 0 saturated heterocycles. The number of anilines is 1. The molecule has 2 aromatic carbocycles. The van der Waals surface area contributed by atoms with Gasteiger partial charge in [-0.25, -0.2) is 10.4 Å². The minimum atomic E-state index is 0.412. The third-order valence-electron chi connectivity index (χ3n) is 4.76. The summed E-state index contributed by atoms with van der Waals surface area (Å²) in [6, 6.07) is 20.2. The Labute approximate surface area is 183 Å². The maximum absolute atomic E-state index is 4.66. The summed E-state index contributed by atoms with van der Waals surface area (Å²) < 4.78 is 0. The smallest absolute Gasteiger partial charge is 0.248 e. The van der Waals surface area contributed by atoms with Crippen LogP contribution < -0.4 is 5.43 Å². The van der Waals surface area contributed by atoms with Crippen molar-refractivity contribution >= 4 is 28.6 Å². The first-order valence-corrected chi connectivity index (χ1v) is 10.7. The van der Waals surface area contributed by atoms with E-state index in [1.807, 2.05) is 36.4 Å². The third-order valence-corrected chi connectivity index (χ3v) is 5.63. The zero-order chi connectivity index (χ0) is 21.0. The Hall–Kier alpha value is -3.78. The molecule has 1 N–H and O–H groups in total. The molecule has 3 aromatic heterocycles. The number of rotatable bonds is 6. The maximum atomic E-state index is 4.66. The molecule has 0 aliphatic heterocycles. The molecule has 0 saturated carbocycles. The van der Waals surface area contributed by atoms with Gasteiger partial charge in [0.1, 0.15) is 0 Å². The van der Waals surface area contributed by atoms with Crippen molar-refractivity contribution in [3.8, 4) is 11.4 Å². The van der Waals surface area contributed by atoms with Gasteiger partial charge in [-0.3, -0.25) is 4.98 Å². The van der Waals surface area contributed by atoms with Crippen LogP contribution in [0.4, 0.5) is 5.95 Å². The first-order valence-electron chi connectivity index (χ1n) is 9.91. The van der Waals surface area contributed by atoms with Crippen molar-refractivity contribution in [3.63, 3.8) is 0 Å². The van der Waals surface area contributed by atoms with Crippen LogP contribution in [0.1, 0.15) is 12.5 Å². The second-order valence-corrected chi connectivity index (χ2v) is 7.87. The van der Waals surface area contributed by atoms with Gasteiger partial charge in [0.25, 0.3) is 0 Å². The van der Waals surface area contributed by atoms with Crippen molar-refractivity contribution in [1.82, 2.24) is 29.8 Å². The molecule has 3 heterocycles. The number of aromatic nitrogens is 6. The second kappa shape index (κ2) is 8.53. The molecule has 0 aliphatic rings. The molecule has 152 valence electrons. The van der Waals surface area contributed by atoms with Crippen molar-refractivity contribution < 1.29 is 0 Å². The van der Waals surface area contributed by atoms with E-state index in [2.05, 4.69) is 61.6 Å². The van der Waals surface area contributed by atoms with Crippen molar-refractivity contribution in [2.75, 3.05) is 5.43 Å². The van der Waals surface area contributed by atoms with Crippen LogP contribution in [0.25, 0.3) is 22.3 Å². The minimum Gasteiger partial charge on any atom is -0.264 e. The molecule has 7 nitrogen and oxygen atoms in total. The third kappa shape index (κ3) is 4.24. The molecule has 0 unspecified atom stereocenters. The van der Waals surface area contributed by atoms with Gasteiger partial charge in [-0.15, -0.1) is 0 Å². The predicted molar refractivity (Wildman–Crippen MR) is 122 cm³/mol. The van der Waals surface area contributed by atoms with E-state index >= 15 is 0 Å². The molecule has 0 atom stereocenters. The molecule has 0 amide bonds. The number of para-hydroxylation sites is 1. The lowest BCUT2D eigenvalue weighted by Crippen LogP contribution is -2.14. The molecular weight excluding hydrogens is 406 g/mol. The average Bonchev–Trinajstić information content (AvgIpc) is 3.23. The summed E-state index contributed by atoms with van der Waals surface area (Å²) in [5, 5.41) is 6.04. The van der Waals surface area contributed by atoms with Gasteiger partial charge in [-0.2, -0.15) is 19.9 Å². The molecule has 8 heteroatoms. The first kappa shape index (κ1) is 19.2. The highest BCUT2D eigenvalue weighted by atomic mass is 32.2. The largest absolute Gasteiger partial charge is 0.264 e. The molecule has 0 aliphatic carbocycles. The van der Waals surface area contributed by atoms with Gasteiger partial charge in [-0.1, -0.05) is 37.3 Å². The summed E-state index contributed by atoms with van der Waals surface area (Å²) in [6.07, 6.45) is 6.28. The van der Waals surface area contributed by atoms with Gasteiger partial charge >= 0.3 is 0 Å². The lowest BCUT2D eigenvalue weighted by molar-refractivity contribution is 0.793. The predicted octanol–water partition coefficient (Wildman–Crippen LogP) is 4.87. The van der Waals surface area contributed by atoms with E-state index in [1.165, 1.54) is 17.3 Å². The molecule has 0 radical (unpaired) electrons. The van der Waals surface area contributed by atoms with Gasteiger partial charge in [-0.05, 0) is 54.1 Å². The minimum absolute atomic E-state index is 0.412. The summed E-state index contributed by atoms with van der Waals surface area (Å²) in [4.78, 5) is 20.8. The van der Waals surface area contributed by atoms with Crippen LogP contribution in [0.5, 0.6) is 0 Å². The number of hydrogen-bond acceptors (Lipinski definition) is 7. The normalized spacial score (nSPS) is 11.0. The lowest BCUT2D eigenvalue weighted by Gasteiger charge is -2.10. The van der Waals surface area contributed by atoms with E-state index in [1.54, 1.807) is 23.4 Å². The monoisotopic (exact) mass is 425 g/mol. The van der Waals surface area contributed by atoms with Crippen molar-refractivity contribution in [3.05, 3.63) is 84.8 Å². The number of aryl methyl sites for hydroxylation is 1. The summed E-state index contributed by atoms with van der Waals surface area (Å²) in [7, 11) is 0. The summed E-state index contributed by atoms with van der Waals surface area (Å²) in [5.74, 6) is 0.963. The number of fused-ring (bicyclic) bond motifs is 1. The van der Waals surface area contributed by atoms with Gasteiger partial charge < -0.3 is 0 Å². The Morgan fingerprint density at radius 3 is 2.58 bits per heavy atom. The van der Waals surface area contributed by atoms with E-state index in [0.717, 1.165) is 27.8 Å². The number of benzene rings is 2. The van der Waals surface area contributed by atoms with Gasteiger partial charge in [0, 0.05) is 28.2 Å². The number of nitrogens with one attached hydrogen (secondary N) is 1. The molecule has 31 heavy (non-hydrogen) atoms. The second-order valence-electron chi connectivity index (χ2n) is 6.83. The molecule has 0 spiro atoms. The van der Waals surface area contributed by atoms with Crippen molar-refractivity contribution in [2.45, 2.75) is 23.4 Å². The highest BCUT2D eigenvalue weighted by Gasteiger charge is 2.12. The number of nitrogens with zero attached hydrogens (tertiary/aromatic N) is 6. The topological polar surface area (TPSA) is 81.4 Å². The average molecular weight is 426 g/mol. The highest BCUT2D eigenvalue weighted by Crippen LogP contribution is 2.27. The van der Waals surface area contributed by atoms with E-state index in [4.69, 9.17) is 0 Å². The SMILES string of the molecule is CCc1ccc(Sc2nc(Nn3ncc4ccccc43)nc(-c3cccnc3)n2)cc1. The van der Waals surface area contributed by atoms with E-state index < -0.39 is 0 Å². The Bertz CT molecular complexity index is 1320. The standard InChI is InChI=1S/C23H19N7S/c1-2-16-9-11-19(12-10-16)31-23-27-21(18-7-5-13-24-14-18)26-22(28-23)29-30-20-8-4-3-6-17(20)15-25-30/h3-15H,2H2,1H3,(H,26,27,28,29). The number of hydrogen-bond donors (Lipinski definition) is 1. The Kier molecular flexibility index (Phi) is 5.28. The molecule has 0 fully saturated rings. The van der Waals surface area contributed by atoms with E-state index in [0.29, 0.717) is 16.9 Å². The number of pyridine rings is 1. The van der Waals surface area contributed by atoms with Crippen LogP contribution in [0.2, 0.25) is 0 Å². The van der Waals surface area contributed by atoms with Crippen molar-refractivity contribution in [1.29, 1.82) is 0 Å². The van der Waals surface area contributed by atoms with Crippen LogP contribution in [-0.4, -0.2) is 29.8 Å². The fourth-order valence-corrected chi connectivity index (χ4v) is 3.88. The van der Waals surface area contributed by atoms with Gasteiger partial charge in [0.2, 0.25) is 5.95 Å². The quantitative estimate of drug-likeness (QED) is 0.415. The zero-order valence-corrected chi connectivity index (χ0v) is 17.6. The van der Waals surface area contributed by atoms with Crippen LogP contribution in [-0.2, 0) is 6.42 Å². The molecular formula is C23H19N7S. The van der Waals surface area contributed by atoms with Crippen LogP contribution in [0.15, 0.2) is 89.3 Å². The van der Waals surface area contributed by atoms with E-state index in [-0.39, 0.29) is 0 Å². The summed E-state index contributed by atoms with van der Waals surface area (Å²) in [6.45, 7) is 2.14. The van der Waals surface area contributed by atoms with Crippen LogP contribution in [0, 0.1) is 0 Å². The van der Waals surface area contributed by atoms with Crippen LogP contribution in [0.3, 0.4) is 0 Å². The van der Waals surface area contributed by atoms with Gasteiger partial charge in [0.05, 0.1) is 11.7 Å². The molecule has 5 aromatic rings. The Morgan fingerprint density at radius 2 is 1.77 bits per heavy atom. The highest BCUT2D eigenvalue weighted by molar-refractivity contribution is 7.99. The van der Waals surface area contributed by atoms with Crippen LogP contribution >= 0.6 is 11.8 Å². The fraction of sp³-hybridized carbons (Fsp3) is 0.0870. The lowest BCUT2D eigenvalue weighted by atomic mass is 10.2. The fourth-order valence-electron chi connectivity index (χ4n) is 3.13. The van der Waals surface area contributed by atoms with Gasteiger partial charge in [0.15, 0.2) is 11.0 Å². The molecule has 0 bridgehead atoms. The first-order chi connectivity index (χ1) is 15.3. The Morgan fingerprint density at radius 1 is 0.903 bits per heavy atom.